The first-order chi connectivity index (χ1) is 7.27. The van der Waals surface area contributed by atoms with Crippen LogP contribution in [0.2, 0.25) is 0 Å². The molecule has 2 N–H and O–H groups in total. The number of hydrogen-bond donors (Lipinski definition) is 2. The van der Waals surface area contributed by atoms with Crippen molar-refractivity contribution in [1.29, 1.82) is 0 Å². The number of piperidine rings is 1. The van der Waals surface area contributed by atoms with Crippen molar-refractivity contribution in [2.45, 2.75) is 18.9 Å². The summed E-state index contributed by atoms with van der Waals surface area (Å²) in [6.45, 7) is 1.97. The molecule has 1 heterocycles. The number of rotatable bonds is 2. The summed E-state index contributed by atoms with van der Waals surface area (Å²) in [7, 11) is 0. The lowest BCUT2D eigenvalue weighted by atomic mass is 10.1. The van der Waals surface area contributed by atoms with Gasteiger partial charge in [-0.1, -0.05) is 6.07 Å². The van der Waals surface area contributed by atoms with Gasteiger partial charge >= 0.3 is 0 Å². The van der Waals surface area contributed by atoms with Crippen LogP contribution < -0.4 is 10.1 Å². The third kappa shape index (κ3) is 2.63. The molecular formula is C11H14BrNO2. The van der Waals surface area contributed by atoms with Crippen molar-refractivity contribution < 1.29 is 9.84 Å². The first-order valence-corrected chi connectivity index (χ1v) is 5.91. The van der Waals surface area contributed by atoms with E-state index in [1.165, 1.54) is 0 Å². The zero-order valence-corrected chi connectivity index (χ0v) is 9.96. The number of aromatic hydroxyl groups is 1. The zero-order chi connectivity index (χ0) is 10.7. The SMILES string of the molecule is Oc1c(Br)cccc1OC1CCNCC1. The van der Waals surface area contributed by atoms with Crippen LogP contribution in [0, 0.1) is 0 Å². The Morgan fingerprint density at radius 3 is 2.80 bits per heavy atom. The van der Waals surface area contributed by atoms with E-state index in [0.29, 0.717) is 10.2 Å². The molecule has 1 fully saturated rings. The molecule has 0 atom stereocenters. The van der Waals surface area contributed by atoms with Crippen LogP contribution in [0.1, 0.15) is 12.8 Å². The maximum atomic E-state index is 9.74. The molecule has 1 saturated heterocycles. The van der Waals surface area contributed by atoms with E-state index in [0.717, 1.165) is 25.9 Å². The van der Waals surface area contributed by atoms with Crippen LogP contribution in [0.15, 0.2) is 22.7 Å². The number of nitrogens with one attached hydrogen (secondary N) is 1. The summed E-state index contributed by atoms with van der Waals surface area (Å²) in [6.07, 6.45) is 2.20. The lowest BCUT2D eigenvalue weighted by Gasteiger charge is -2.24. The zero-order valence-electron chi connectivity index (χ0n) is 8.37. The van der Waals surface area contributed by atoms with Crippen LogP contribution in [0.5, 0.6) is 11.5 Å². The lowest BCUT2D eigenvalue weighted by molar-refractivity contribution is 0.157. The van der Waals surface area contributed by atoms with E-state index in [9.17, 15) is 5.11 Å². The second-order valence-corrected chi connectivity index (χ2v) is 4.51. The lowest BCUT2D eigenvalue weighted by Crippen LogP contribution is -2.34. The van der Waals surface area contributed by atoms with Gasteiger partial charge in [0.25, 0.3) is 0 Å². The molecule has 0 aliphatic carbocycles. The maximum Gasteiger partial charge on any atom is 0.172 e. The van der Waals surface area contributed by atoms with Gasteiger partial charge in [0.2, 0.25) is 0 Å². The van der Waals surface area contributed by atoms with E-state index >= 15 is 0 Å². The average molecular weight is 272 g/mol. The van der Waals surface area contributed by atoms with Gasteiger partial charge in [-0.05, 0) is 54.0 Å². The molecule has 3 nitrogen and oxygen atoms in total. The van der Waals surface area contributed by atoms with Gasteiger partial charge in [0.1, 0.15) is 6.10 Å². The number of hydrogen-bond acceptors (Lipinski definition) is 3. The summed E-state index contributed by atoms with van der Waals surface area (Å²) in [6, 6.07) is 5.45. The molecule has 1 aliphatic rings. The highest BCUT2D eigenvalue weighted by Gasteiger charge is 2.16. The maximum absolute atomic E-state index is 9.74. The van der Waals surface area contributed by atoms with Crippen molar-refractivity contribution in [3.05, 3.63) is 22.7 Å². The summed E-state index contributed by atoms with van der Waals surface area (Å²) in [4.78, 5) is 0. The molecule has 0 radical (unpaired) electrons. The quantitative estimate of drug-likeness (QED) is 0.867. The summed E-state index contributed by atoms with van der Waals surface area (Å²) >= 11 is 3.27. The van der Waals surface area contributed by atoms with E-state index in [1.807, 2.05) is 6.07 Å². The first kappa shape index (κ1) is 10.8. The van der Waals surface area contributed by atoms with Gasteiger partial charge in [-0.25, -0.2) is 0 Å². The van der Waals surface area contributed by atoms with Crippen molar-refractivity contribution in [1.82, 2.24) is 5.32 Å². The molecule has 2 rings (SSSR count). The Labute approximate surface area is 97.6 Å². The molecule has 1 aromatic carbocycles. The van der Waals surface area contributed by atoms with E-state index in [4.69, 9.17) is 4.74 Å². The monoisotopic (exact) mass is 271 g/mol. The second-order valence-electron chi connectivity index (χ2n) is 3.65. The fourth-order valence-electron chi connectivity index (χ4n) is 1.68. The van der Waals surface area contributed by atoms with Crippen LogP contribution in [0.25, 0.3) is 0 Å². The molecule has 0 bridgehead atoms. The van der Waals surface area contributed by atoms with Crippen LogP contribution in [0.4, 0.5) is 0 Å². The van der Waals surface area contributed by atoms with Gasteiger partial charge in [-0.3, -0.25) is 0 Å². The van der Waals surface area contributed by atoms with Crippen molar-refractivity contribution in [2.24, 2.45) is 0 Å². The summed E-state index contributed by atoms with van der Waals surface area (Å²) in [5.74, 6) is 0.757. The molecule has 0 unspecified atom stereocenters. The molecule has 0 saturated carbocycles. The largest absolute Gasteiger partial charge is 0.503 e. The van der Waals surface area contributed by atoms with Gasteiger partial charge in [0.05, 0.1) is 4.47 Å². The molecule has 4 heteroatoms. The van der Waals surface area contributed by atoms with E-state index < -0.39 is 0 Å². The van der Waals surface area contributed by atoms with Crippen LogP contribution in [-0.4, -0.2) is 24.3 Å². The van der Waals surface area contributed by atoms with Gasteiger partial charge in [-0.2, -0.15) is 0 Å². The third-order valence-electron chi connectivity index (χ3n) is 2.53. The van der Waals surface area contributed by atoms with Gasteiger partial charge in [0.15, 0.2) is 11.5 Å². The molecule has 82 valence electrons. The molecule has 1 aromatic rings. The fraction of sp³-hybridized carbons (Fsp3) is 0.455. The number of para-hydroxylation sites is 1. The summed E-state index contributed by atoms with van der Waals surface area (Å²) < 4.78 is 6.42. The van der Waals surface area contributed by atoms with Gasteiger partial charge in [-0.15, -0.1) is 0 Å². The number of ether oxygens (including phenoxy) is 1. The minimum Gasteiger partial charge on any atom is -0.503 e. The molecule has 15 heavy (non-hydrogen) atoms. The Morgan fingerprint density at radius 2 is 2.07 bits per heavy atom. The topological polar surface area (TPSA) is 41.5 Å². The number of phenolic OH excluding ortho intramolecular Hbond substituents is 1. The minimum absolute atomic E-state index is 0.191. The Kier molecular flexibility index (Phi) is 3.49. The Balaban J connectivity index is 2.06. The molecule has 0 spiro atoms. The first-order valence-electron chi connectivity index (χ1n) is 5.12. The second kappa shape index (κ2) is 4.86. The molecule has 1 aliphatic heterocycles. The van der Waals surface area contributed by atoms with Gasteiger partial charge in [0, 0.05) is 0 Å². The molecular weight excluding hydrogens is 258 g/mol. The molecule has 0 aromatic heterocycles. The van der Waals surface area contributed by atoms with Crippen molar-refractivity contribution >= 4 is 15.9 Å². The minimum atomic E-state index is 0.191. The average Bonchev–Trinajstić information content (AvgIpc) is 2.26. The summed E-state index contributed by atoms with van der Waals surface area (Å²) in [5.41, 5.74) is 0. The Morgan fingerprint density at radius 1 is 1.33 bits per heavy atom. The van der Waals surface area contributed by atoms with Crippen LogP contribution in [-0.2, 0) is 0 Å². The van der Waals surface area contributed by atoms with Crippen LogP contribution in [0.3, 0.4) is 0 Å². The molecule has 0 amide bonds. The highest BCUT2D eigenvalue weighted by atomic mass is 79.9. The standard InChI is InChI=1S/C11H14BrNO2/c12-9-2-1-3-10(11(9)14)15-8-4-6-13-7-5-8/h1-3,8,13-14H,4-7H2. The predicted octanol–water partition coefficient (Wildman–Crippen LogP) is 2.29. The number of phenols is 1. The van der Waals surface area contributed by atoms with Crippen molar-refractivity contribution in [3.8, 4) is 11.5 Å². The van der Waals surface area contributed by atoms with E-state index in [-0.39, 0.29) is 11.9 Å². The van der Waals surface area contributed by atoms with Gasteiger partial charge < -0.3 is 15.2 Å². The number of halogens is 1. The normalized spacial score (nSPS) is 17.7. The predicted molar refractivity (Wildman–Crippen MR) is 62.3 cm³/mol. The van der Waals surface area contributed by atoms with Crippen molar-refractivity contribution in [2.75, 3.05) is 13.1 Å². The Hall–Kier alpha value is -0.740. The Bertz CT molecular complexity index is 337. The van der Waals surface area contributed by atoms with Crippen LogP contribution >= 0.6 is 15.9 Å². The highest BCUT2D eigenvalue weighted by molar-refractivity contribution is 9.10. The van der Waals surface area contributed by atoms with E-state index in [2.05, 4.69) is 21.2 Å². The summed E-state index contributed by atoms with van der Waals surface area (Å²) in [5, 5.41) is 13.0. The van der Waals surface area contributed by atoms with E-state index in [1.54, 1.807) is 12.1 Å². The third-order valence-corrected chi connectivity index (χ3v) is 3.17. The highest BCUT2D eigenvalue weighted by Crippen LogP contribution is 2.34. The fourth-order valence-corrected chi connectivity index (χ4v) is 2.03. The number of benzene rings is 1. The smallest absolute Gasteiger partial charge is 0.172 e. The van der Waals surface area contributed by atoms with Crippen molar-refractivity contribution in [3.63, 3.8) is 0 Å².